The summed E-state index contributed by atoms with van der Waals surface area (Å²) in [5.74, 6) is 0.509. The van der Waals surface area contributed by atoms with Gasteiger partial charge >= 0.3 is 0 Å². The Morgan fingerprint density at radius 1 is 1.11 bits per heavy atom. The lowest BCUT2D eigenvalue weighted by molar-refractivity contribution is -0.122. The van der Waals surface area contributed by atoms with E-state index in [1.54, 1.807) is 4.90 Å². The number of amides is 2. The maximum absolute atomic E-state index is 12.2. The molecule has 0 saturated heterocycles. The van der Waals surface area contributed by atoms with Crippen molar-refractivity contribution < 1.29 is 14.3 Å². The second-order valence-electron chi connectivity index (χ2n) is 8.10. The smallest absolute Gasteiger partial charge is 0.265 e. The number of carbonyl (C=O) groups is 2. The Balaban J connectivity index is 1.46. The number of fused-ring (bicyclic) bond motifs is 1. The Labute approximate surface area is 166 Å². The molecule has 5 heteroatoms. The number of rotatable bonds is 6. The number of ether oxygens (including phenoxy) is 1. The van der Waals surface area contributed by atoms with E-state index in [0.717, 1.165) is 12.1 Å². The van der Waals surface area contributed by atoms with Crippen LogP contribution < -0.4 is 15.0 Å². The van der Waals surface area contributed by atoms with Gasteiger partial charge in [0.2, 0.25) is 5.91 Å². The van der Waals surface area contributed by atoms with Crippen molar-refractivity contribution in [3.8, 4) is 5.75 Å². The molecule has 3 rings (SSSR count). The highest BCUT2D eigenvalue weighted by Crippen LogP contribution is 2.31. The lowest BCUT2D eigenvalue weighted by Crippen LogP contribution is -2.41. The third-order valence-electron chi connectivity index (χ3n) is 4.93. The van der Waals surface area contributed by atoms with Crippen molar-refractivity contribution in [2.24, 2.45) is 0 Å². The van der Waals surface area contributed by atoms with Crippen molar-refractivity contribution >= 4 is 17.5 Å². The summed E-state index contributed by atoms with van der Waals surface area (Å²) in [6.07, 6.45) is 1.05. The fourth-order valence-corrected chi connectivity index (χ4v) is 3.22. The molecule has 5 nitrogen and oxygen atoms in total. The molecule has 0 radical (unpaired) electrons. The summed E-state index contributed by atoms with van der Waals surface area (Å²) in [6.45, 7) is 7.54. The predicted octanol–water partition coefficient (Wildman–Crippen LogP) is 3.46. The topological polar surface area (TPSA) is 58.6 Å². The minimum atomic E-state index is -0.120. The van der Waals surface area contributed by atoms with E-state index in [-0.39, 0.29) is 30.3 Å². The van der Waals surface area contributed by atoms with Crippen LogP contribution in [0.2, 0.25) is 0 Å². The molecule has 2 amide bonds. The predicted molar refractivity (Wildman–Crippen MR) is 111 cm³/mol. The summed E-state index contributed by atoms with van der Waals surface area (Å²) in [5.41, 5.74) is 3.37. The van der Waals surface area contributed by atoms with Gasteiger partial charge in [0.05, 0.1) is 5.69 Å². The van der Waals surface area contributed by atoms with Gasteiger partial charge in [0, 0.05) is 19.5 Å². The van der Waals surface area contributed by atoms with Gasteiger partial charge in [-0.15, -0.1) is 0 Å². The monoisotopic (exact) mass is 380 g/mol. The largest absolute Gasteiger partial charge is 0.482 e. The van der Waals surface area contributed by atoms with Crippen molar-refractivity contribution in [1.82, 2.24) is 5.32 Å². The first-order valence-electron chi connectivity index (χ1n) is 9.73. The van der Waals surface area contributed by atoms with Crippen molar-refractivity contribution in [3.05, 3.63) is 59.7 Å². The fourth-order valence-electron chi connectivity index (χ4n) is 3.22. The van der Waals surface area contributed by atoms with Gasteiger partial charge in [0.1, 0.15) is 5.75 Å². The number of anilines is 1. The molecule has 0 atom stereocenters. The molecule has 0 bridgehead atoms. The van der Waals surface area contributed by atoms with Crippen molar-refractivity contribution in [2.75, 3.05) is 24.6 Å². The van der Waals surface area contributed by atoms with E-state index < -0.39 is 0 Å². The van der Waals surface area contributed by atoms with Crippen LogP contribution in [0.4, 0.5) is 5.69 Å². The molecular formula is C23H28N2O3. The number of para-hydroxylation sites is 2. The molecule has 2 aromatic rings. The van der Waals surface area contributed by atoms with Crippen LogP contribution in [0.5, 0.6) is 5.75 Å². The first-order valence-corrected chi connectivity index (χ1v) is 9.73. The molecule has 148 valence electrons. The molecule has 0 aromatic heterocycles. The average molecular weight is 380 g/mol. The number of nitrogens with zero attached hydrogens (tertiary/aromatic N) is 1. The van der Waals surface area contributed by atoms with Crippen molar-refractivity contribution in [2.45, 2.75) is 39.0 Å². The quantitative estimate of drug-likeness (QED) is 0.835. The van der Waals surface area contributed by atoms with Gasteiger partial charge in [-0.25, -0.2) is 0 Å². The normalized spacial score (nSPS) is 13.7. The number of benzene rings is 2. The lowest BCUT2D eigenvalue weighted by atomic mass is 9.86. The van der Waals surface area contributed by atoms with E-state index in [1.807, 2.05) is 24.3 Å². The van der Waals surface area contributed by atoms with Gasteiger partial charge in [-0.1, -0.05) is 57.2 Å². The Morgan fingerprint density at radius 3 is 2.54 bits per heavy atom. The molecule has 0 unspecified atom stereocenters. The fraction of sp³-hybridized carbons (Fsp3) is 0.391. The van der Waals surface area contributed by atoms with E-state index in [0.29, 0.717) is 18.8 Å². The zero-order chi connectivity index (χ0) is 20.1. The molecule has 2 aromatic carbocycles. The number of hydrogen-bond donors (Lipinski definition) is 1. The number of hydrogen-bond acceptors (Lipinski definition) is 3. The highest BCUT2D eigenvalue weighted by atomic mass is 16.5. The summed E-state index contributed by atoms with van der Waals surface area (Å²) in [4.78, 5) is 26.0. The zero-order valence-corrected chi connectivity index (χ0v) is 16.8. The van der Waals surface area contributed by atoms with Crippen LogP contribution in [0.15, 0.2) is 48.5 Å². The molecule has 1 N–H and O–H groups in total. The van der Waals surface area contributed by atoms with Gasteiger partial charge in [-0.3, -0.25) is 9.59 Å². The first-order chi connectivity index (χ1) is 13.3. The lowest BCUT2D eigenvalue weighted by Gasteiger charge is -2.29. The highest BCUT2D eigenvalue weighted by molar-refractivity contribution is 5.98. The Bertz CT molecular complexity index is 838. The minimum Gasteiger partial charge on any atom is -0.482 e. The summed E-state index contributed by atoms with van der Waals surface area (Å²) in [6, 6.07) is 15.9. The van der Waals surface area contributed by atoms with Gasteiger partial charge in [-0.2, -0.15) is 0 Å². The Morgan fingerprint density at radius 2 is 1.82 bits per heavy atom. The van der Waals surface area contributed by atoms with Gasteiger partial charge < -0.3 is 15.0 Å². The molecular weight excluding hydrogens is 352 g/mol. The second-order valence-corrected chi connectivity index (χ2v) is 8.10. The van der Waals surface area contributed by atoms with Crippen molar-refractivity contribution in [3.63, 3.8) is 0 Å². The molecule has 1 aliphatic rings. The molecule has 0 saturated carbocycles. The van der Waals surface area contributed by atoms with E-state index in [2.05, 4.69) is 50.4 Å². The Hall–Kier alpha value is -2.82. The summed E-state index contributed by atoms with van der Waals surface area (Å²) in [5, 5.41) is 2.95. The SMILES string of the molecule is CC(C)(C)c1ccc(CCNC(=O)CCN2C(=O)COc3ccccc32)cc1. The van der Waals surface area contributed by atoms with E-state index in [4.69, 9.17) is 4.74 Å². The molecule has 28 heavy (non-hydrogen) atoms. The maximum Gasteiger partial charge on any atom is 0.265 e. The maximum atomic E-state index is 12.2. The van der Waals surface area contributed by atoms with E-state index in [1.165, 1.54) is 11.1 Å². The van der Waals surface area contributed by atoms with Crippen molar-refractivity contribution in [1.29, 1.82) is 0 Å². The van der Waals surface area contributed by atoms with Gasteiger partial charge in [0.15, 0.2) is 6.61 Å². The summed E-state index contributed by atoms with van der Waals surface area (Å²) < 4.78 is 5.42. The van der Waals surface area contributed by atoms with Crippen LogP contribution in [0.1, 0.15) is 38.3 Å². The van der Waals surface area contributed by atoms with Gasteiger partial charge in [-0.05, 0) is 35.1 Å². The van der Waals surface area contributed by atoms with Crippen LogP contribution in [-0.2, 0) is 21.4 Å². The number of carbonyl (C=O) groups excluding carboxylic acids is 2. The first kappa shape index (κ1) is 19.9. The third-order valence-corrected chi connectivity index (χ3v) is 4.93. The average Bonchev–Trinajstić information content (AvgIpc) is 2.67. The van der Waals surface area contributed by atoms with Crippen LogP contribution in [0.3, 0.4) is 0 Å². The number of nitrogens with one attached hydrogen (secondary N) is 1. The second kappa shape index (κ2) is 8.46. The Kier molecular flexibility index (Phi) is 6.02. The third kappa shape index (κ3) is 4.91. The van der Waals surface area contributed by atoms with Crippen LogP contribution >= 0.6 is 0 Å². The highest BCUT2D eigenvalue weighted by Gasteiger charge is 2.25. The van der Waals surface area contributed by atoms with Gasteiger partial charge in [0.25, 0.3) is 5.91 Å². The molecule has 0 fully saturated rings. The molecule has 1 aliphatic heterocycles. The van der Waals surface area contributed by atoms with Crippen LogP contribution in [0.25, 0.3) is 0 Å². The zero-order valence-electron chi connectivity index (χ0n) is 16.8. The van der Waals surface area contributed by atoms with E-state index >= 15 is 0 Å². The molecule has 0 spiro atoms. The van der Waals surface area contributed by atoms with Crippen LogP contribution in [0, 0.1) is 0 Å². The molecule has 0 aliphatic carbocycles. The summed E-state index contributed by atoms with van der Waals surface area (Å²) >= 11 is 0. The molecule has 1 heterocycles. The van der Waals surface area contributed by atoms with Crippen LogP contribution in [-0.4, -0.2) is 31.5 Å². The standard InChI is InChI=1S/C23H28N2O3/c1-23(2,3)18-10-8-17(9-11-18)12-14-24-21(26)13-15-25-19-6-4-5-7-20(19)28-16-22(25)27/h4-11H,12-16H2,1-3H3,(H,24,26). The summed E-state index contributed by atoms with van der Waals surface area (Å²) in [7, 11) is 0. The van der Waals surface area contributed by atoms with E-state index in [9.17, 15) is 9.59 Å². The minimum absolute atomic E-state index is 0.0171.